The number of fused-ring (bicyclic) bond motifs is 1. The molecule has 0 aliphatic heterocycles. The van der Waals surface area contributed by atoms with Crippen LogP contribution in [0.4, 0.5) is 0 Å². The first kappa shape index (κ1) is 12.3. The van der Waals surface area contributed by atoms with Gasteiger partial charge in [0.15, 0.2) is 0 Å². The summed E-state index contributed by atoms with van der Waals surface area (Å²) in [5.74, 6) is 0.440. The maximum atomic E-state index is 12.0. The van der Waals surface area contributed by atoms with Crippen molar-refractivity contribution in [1.29, 1.82) is 0 Å². The van der Waals surface area contributed by atoms with Crippen molar-refractivity contribution in [2.45, 2.75) is 32.9 Å². The minimum absolute atomic E-state index is 0.00778. The van der Waals surface area contributed by atoms with Crippen LogP contribution in [0.2, 0.25) is 0 Å². The van der Waals surface area contributed by atoms with Gasteiger partial charge >= 0.3 is 0 Å². The highest BCUT2D eigenvalue weighted by molar-refractivity contribution is 7.13. The van der Waals surface area contributed by atoms with Crippen LogP contribution in [0.1, 0.15) is 20.3 Å². The molecule has 4 heteroatoms. The molecule has 2 aromatic rings. The van der Waals surface area contributed by atoms with Crippen LogP contribution in [-0.4, -0.2) is 15.2 Å². The third kappa shape index (κ3) is 2.76. The van der Waals surface area contributed by atoms with E-state index in [2.05, 4.69) is 13.8 Å². The predicted octanol–water partition coefficient (Wildman–Crippen LogP) is 2.47. The van der Waals surface area contributed by atoms with E-state index in [0.29, 0.717) is 12.5 Å². The second-order valence-electron chi connectivity index (χ2n) is 4.74. The number of hydrogen-bond donors (Lipinski definition) is 1. The molecule has 3 nitrogen and oxygen atoms in total. The van der Waals surface area contributed by atoms with E-state index in [1.807, 2.05) is 24.3 Å². The molecule has 0 aliphatic rings. The summed E-state index contributed by atoms with van der Waals surface area (Å²) < 4.78 is 2.63. The van der Waals surface area contributed by atoms with Gasteiger partial charge in [-0.25, -0.2) is 0 Å². The molecule has 0 saturated heterocycles. The standard InChI is InChI=1S/C13H17NO2S/c1-9(2)7-10(15)8-14-13(16)11-5-3-4-6-12(11)17-14/h3-6,9-10,15H,7-8H2,1-2H3. The fraction of sp³-hybridized carbons (Fsp3) is 0.462. The van der Waals surface area contributed by atoms with Gasteiger partial charge in [0.05, 0.1) is 22.7 Å². The lowest BCUT2D eigenvalue weighted by molar-refractivity contribution is 0.132. The van der Waals surface area contributed by atoms with E-state index in [1.54, 1.807) is 3.96 Å². The monoisotopic (exact) mass is 251 g/mol. The number of hydrogen-bond acceptors (Lipinski definition) is 3. The van der Waals surface area contributed by atoms with Crippen molar-refractivity contribution in [2.75, 3.05) is 0 Å². The van der Waals surface area contributed by atoms with Gasteiger partial charge in [-0.05, 0) is 24.5 Å². The zero-order chi connectivity index (χ0) is 12.4. The van der Waals surface area contributed by atoms with Crippen LogP contribution in [0.15, 0.2) is 29.1 Å². The zero-order valence-corrected chi connectivity index (χ0v) is 10.9. The summed E-state index contributed by atoms with van der Waals surface area (Å²) in [6.45, 7) is 4.53. The molecule has 1 heterocycles. The summed E-state index contributed by atoms with van der Waals surface area (Å²) in [5, 5.41) is 10.6. The van der Waals surface area contributed by atoms with Crippen LogP contribution in [0.5, 0.6) is 0 Å². The Morgan fingerprint density at radius 3 is 2.71 bits per heavy atom. The van der Waals surface area contributed by atoms with Gasteiger partial charge in [0.1, 0.15) is 0 Å². The molecule has 0 spiro atoms. The number of aromatic nitrogens is 1. The average molecular weight is 251 g/mol. The van der Waals surface area contributed by atoms with Crippen LogP contribution >= 0.6 is 11.5 Å². The molecule has 0 saturated carbocycles. The Morgan fingerprint density at radius 1 is 1.35 bits per heavy atom. The summed E-state index contributed by atoms with van der Waals surface area (Å²) in [5.41, 5.74) is 0.00778. The molecular formula is C13H17NO2S. The number of rotatable bonds is 4. The van der Waals surface area contributed by atoms with Gasteiger partial charge in [0.25, 0.3) is 5.56 Å². The van der Waals surface area contributed by atoms with Gasteiger partial charge in [0.2, 0.25) is 0 Å². The second-order valence-corrected chi connectivity index (χ2v) is 5.80. The fourth-order valence-electron chi connectivity index (χ4n) is 1.95. The van der Waals surface area contributed by atoms with E-state index >= 15 is 0 Å². The molecule has 92 valence electrons. The Labute approximate surface area is 104 Å². The molecule has 1 aromatic heterocycles. The van der Waals surface area contributed by atoms with E-state index in [9.17, 15) is 9.90 Å². The van der Waals surface area contributed by atoms with E-state index in [0.717, 1.165) is 16.5 Å². The lowest BCUT2D eigenvalue weighted by Gasteiger charge is -2.12. The van der Waals surface area contributed by atoms with Crippen LogP contribution in [0.3, 0.4) is 0 Å². The highest BCUT2D eigenvalue weighted by Gasteiger charge is 2.12. The Bertz CT molecular complexity index is 556. The van der Waals surface area contributed by atoms with Gasteiger partial charge in [-0.3, -0.25) is 8.75 Å². The van der Waals surface area contributed by atoms with Crippen molar-refractivity contribution in [3.05, 3.63) is 34.6 Å². The normalized spacial score (nSPS) is 13.4. The molecule has 0 amide bonds. The molecule has 0 radical (unpaired) electrons. The summed E-state index contributed by atoms with van der Waals surface area (Å²) in [6, 6.07) is 7.56. The van der Waals surface area contributed by atoms with Crippen molar-refractivity contribution < 1.29 is 5.11 Å². The average Bonchev–Trinajstić information content (AvgIpc) is 2.55. The van der Waals surface area contributed by atoms with Gasteiger partial charge in [-0.1, -0.05) is 37.5 Å². The first-order valence-corrected chi connectivity index (χ1v) is 6.62. The van der Waals surface area contributed by atoms with Crippen molar-refractivity contribution in [2.24, 2.45) is 5.92 Å². The summed E-state index contributed by atoms with van der Waals surface area (Å²) in [6.07, 6.45) is 0.279. The third-order valence-corrected chi connectivity index (χ3v) is 3.76. The van der Waals surface area contributed by atoms with Crippen LogP contribution in [0, 0.1) is 5.92 Å². The highest BCUT2D eigenvalue weighted by Crippen LogP contribution is 2.17. The molecule has 1 N–H and O–H groups in total. The Balaban J connectivity index is 2.25. The van der Waals surface area contributed by atoms with Crippen LogP contribution in [-0.2, 0) is 6.54 Å². The van der Waals surface area contributed by atoms with Crippen molar-refractivity contribution >= 4 is 21.6 Å². The molecule has 0 aliphatic carbocycles. The van der Waals surface area contributed by atoms with Crippen molar-refractivity contribution in [3.63, 3.8) is 0 Å². The van der Waals surface area contributed by atoms with Gasteiger partial charge in [-0.2, -0.15) is 0 Å². The summed E-state index contributed by atoms with van der Waals surface area (Å²) >= 11 is 1.42. The smallest absolute Gasteiger partial charge is 0.268 e. The summed E-state index contributed by atoms with van der Waals surface area (Å²) in [7, 11) is 0. The predicted molar refractivity (Wildman–Crippen MR) is 71.5 cm³/mol. The topological polar surface area (TPSA) is 42.2 Å². The van der Waals surface area contributed by atoms with E-state index in [1.165, 1.54) is 11.5 Å². The van der Waals surface area contributed by atoms with Gasteiger partial charge in [-0.15, -0.1) is 0 Å². The minimum atomic E-state index is -0.444. The van der Waals surface area contributed by atoms with Gasteiger partial charge in [0, 0.05) is 0 Å². The Morgan fingerprint density at radius 2 is 2.06 bits per heavy atom. The maximum Gasteiger partial charge on any atom is 0.268 e. The molecular weight excluding hydrogens is 234 g/mol. The number of nitrogens with zero attached hydrogens (tertiary/aromatic N) is 1. The number of aliphatic hydroxyl groups is 1. The SMILES string of the molecule is CC(C)CC(O)Cn1sc2ccccc2c1=O. The van der Waals surface area contributed by atoms with E-state index < -0.39 is 6.10 Å². The third-order valence-electron chi connectivity index (χ3n) is 2.67. The Kier molecular flexibility index (Phi) is 3.64. The number of benzene rings is 1. The lowest BCUT2D eigenvalue weighted by atomic mass is 10.1. The first-order valence-electron chi connectivity index (χ1n) is 5.85. The lowest BCUT2D eigenvalue weighted by Crippen LogP contribution is -2.23. The fourth-order valence-corrected chi connectivity index (χ4v) is 3.01. The summed E-state index contributed by atoms with van der Waals surface area (Å²) in [4.78, 5) is 12.0. The first-order chi connectivity index (χ1) is 8.08. The molecule has 0 fully saturated rings. The van der Waals surface area contributed by atoms with Crippen LogP contribution in [0.25, 0.3) is 10.1 Å². The minimum Gasteiger partial charge on any atom is -0.391 e. The zero-order valence-electron chi connectivity index (χ0n) is 10.1. The van der Waals surface area contributed by atoms with E-state index in [-0.39, 0.29) is 5.56 Å². The molecule has 1 unspecified atom stereocenters. The molecule has 2 rings (SSSR count). The van der Waals surface area contributed by atoms with Crippen LogP contribution < -0.4 is 5.56 Å². The molecule has 1 atom stereocenters. The second kappa shape index (κ2) is 5.02. The maximum absolute atomic E-state index is 12.0. The Hall–Kier alpha value is -1.13. The van der Waals surface area contributed by atoms with Crippen molar-refractivity contribution in [1.82, 2.24) is 3.96 Å². The molecule has 17 heavy (non-hydrogen) atoms. The molecule has 1 aromatic carbocycles. The van der Waals surface area contributed by atoms with Crippen molar-refractivity contribution in [3.8, 4) is 0 Å². The van der Waals surface area contributed by atoms with Gasteiger partial charge < -0.3 is 5.11 Å². The molecule has 0 bridgehead atoms. The largest absolute Gasteiger partial charge is 0.391 e. The highest BCUT2D eigenvalue weighted by atomic mass is 32.1. The quantitative estimate of drug-likeness (QED) is 0.907. The number of aliphatic hydroxyl groups excluding tert-OH is 1. The van der Waals surface area contributed by atoms with E-state index in [4.69, 9.17) is 0 Å².